The molecule has 1 saturated heterocycles. The van der Waals surface area contributed by atoms with Gasteiger partial charge in [-0.3, -0.25) is 4.79 Å². The van der Waals surface area contributed by atoms with E-state index in [9.17, 15) is 4.79 Å². The Bertz CT molecular complexity index is 521. The lowest BCUT2D eigenvalue weighted by Gasteiger charge is -2.17. The molecular formula is C17H23N3O. The van der Waals surface area contributed by atoms with Crippen LogP contribution in [0.25, 0.3) is 0 Å². The Morgan fingerprint density at radius 2 is 2.24 bits per heavy atom. The van der Waals surface area contributed by atoms with Crippen LogP contribution < -0.4 is 10.2 Å². The van der Waals surface area contributed by atoms with Gasteiger partial charge in [-0.2, -0.15) is 0 Å². The van der Waals surface area contributed by atoms with Crippen LogP contribution in [0.1, 0.15) is 37.7 Å². The molecule has 0 aromatic carbocycles. The summed E-state index contributed by atoms with van der Waals surface area (Å²) in [5.41, 5.74) is 1.13. The maximum absolute atomic E-state index is 11.9. The third kappa shape index (κ3) is 3.84. The number of amides is 1. The minimum Gasteiger partial charge on any atom is -0.357 e. The summed E-state index contributed by atoms with van der Waals surface area (Å²) in [5, 5.41) is 3.02. The Hall–Kier alpha value is -1.84. The first-order chi connectivity index (χ1) is 10.3. The maximum atomic E-state index is 11.9. The third-order valence-electron chi connectivity index (χ3n) is 4.29. The third-order valence-corrected chi connectivity index (χ3v) is 4.29. The van der Waals surface area contributed by atoms with Gasteiger partial charge in [0.2, 0.25) is 5.91 Å². The van der Waals surface area contributed by atoms with Crippen molar-refractivity contribution in [2.24, 2.45) is 5.92 Å². The lowest BCUT2D eigenvalue weighted by molar-refractivity contribution is -0.121. The number of carbonyl (C=O) groups excluding carboxylic acids is 1. The fourth-order valence-electron chi connectivity index (χ4n) is 3.07. The molecule has 0 radical (unpaired) electrons. The number of anilines is 1. The van der Waals surface area contributed by atoms with Gasteiger partial charge in [0, 0.05) is 32.3 Å². The summed E-state index contributed by atoms with van der Waals surface area (Å²) in [6.45, 7) is 2.78. The normalized spacial score (nSPS) is 21.0. The minimum atomic E-state index is 0.145. The van der Waals surface area contributed by atoms with Crippen LogP contribution in [0.5, 0.6) is 0 Å². The van der Waals surface area contributed by atoms with Gasteiger partial charge in [-0.05, 0) is 49.3 Å². The van der Waals surface area contributed by atoms with Gasteiger partial charge in [-0.15, -0.1) is 0 Å². The lowest BCUT2D eigenvalue weighted by Crippen LogP contribution is -2.25. The minimum absolute atomic E-state index is 0.145. The fraction of sp³-hybridized carbons (Fsp3) is 0.529. The Kier molecular flexibility index (Phi) is 4.53. The molecule has 1 aromatic heterocycles. The quantitative estimate of drug-likeness (QED) is 0.846. The van der Waals surface area contributed by atoms with Crippen LogP contribution in [0.15, 0.2) is 30.5 Å². The number of nitrogens with zero attached hydrogens (tertiary/aromatic N) is 2. The van der Waals surface area contributed by atoms with E-state index < -0.39 is 0 Å². The number of nitrogens with one attached hydrogen (secondary N) is 1. The average molecular weight is 285 g/mol. The molecule has 1 aliphatic heterocycles. The van der Waals surface area contributed by atoms with Crippen molar-refractivity contribution in [3.05, 3.63) is 36.0 Å². The van der Waals surface area contributed by atoms with Crippen molar-refractivity contribution in [3.63, 3.8) is 0 Å². The molecule has 0 spiro atoms. The first-order valence-corrected chi connectivity index (χ1v) is 7.94. The van der Waals surface area contributed by atoms with Gasteiger partial charge >= 0.3 is 0 Å². The standard InChI is InChI=1S/C17H23N3O/c21-17(12-14-5-1-2-6-14)19-13-15-7-8-18-16(11-15)20-9-3-4-10-20/h1,5,7-8,11,14H,2-4,6,9-10,12-13H2,(H,19,21). The zero-order valence-corrected chi connectivity index (χ0v) is 12.4. The van der Waals surface area contributed by atoms with Gasteiger partial charge < -0.3 is 10.2 Å². The molecular weight excluding hydrogens is 262 g/mol. The van der Waals surface area contributed by atoms with E-state index in [0.717, 1.165) is 37.3 Å². The van der Waals surface area contributed by atoms with E-state index in [1.165, 1.54) is 12.8 Å². The van der Waals surface area contributed by atoms with Gasteiger partial charge in [0.25, 0.3) is 0 Å². The molecule has 112 valence electrons. The Balaban J connectivity index is 1.51. The van der Waals surface area contributed by atoms with E-state index in [-0.39, 0.29) is 5.91 Å². The van der Waals surface area contributed by atoms with Crippen LogP contribution in [-0.2, 0) is 11.3 Å². The number of hydrogen-bond acceptors (Lipinski definition) is 3. The highest BCUT2D eigenvalue weighted by atomic mass is 16.1. The molecule has 4 heteroatoms. The highest BCUT2D eigenvalue weighted by Gasteiger charge is 2.15. The second kappa shape index (κ2) is 6.74. The Morgan fingerprint density at radius 1 is 1.38 bits per heavy atom. The van der Waals surface area contributed by atoms with Crippen LogP contribution >= 0.6 is 0 Å². The molecule has 1 aliphatic carbocycles. The van der Waals surface area contributed by atoms with E-state index in [1.54, 1.807) is 0 Å². The van der Waals surface area contributed by atoms with E-state index in [2.05, 4.69) is 33.4 Å². The van der Waals surface area contributed by atoms with E-state index in [1.807, 2.05) is 12.3 Å². The summed E-state index contributed by atoms with van der Waals surface area (Å²) in [5.74, 6) is 1.62. The first kappa shape index (κ1) is 14.1. The van der Waals surface area contributed by atoms with Crippen molar-refractivity contribution in [3.8, 4) is 0 Å². The SMILES string of the molecule is O=C(CC1C=CCC1)NCc1ccnc(N2CCCC2)c1. The van der Waals surface area contributed by atoms with Crippen molar-refractivity contribution in [2.45, 2.75) is 38.6 Å². The molecule has 1 aromatic rings. The molecule has 2 heterocycles. The lowest BCUT2D eigenvalue weighted by atomic mass is 10.1. The number of pyridine rings is 1. The van der Waals surface area contributed by atoms with Crippen molar-refractivity contribution in [1.29, 1.82) is 0 Å². The largest absolute Gasteiger partial charge is 0.357 e. The maximum Gasteiger partial charge on any atom is 0.220 e. The Morgan fingerprint density at radius 3 is 3.00 bits per heavy atom. The molecule has 1 amide bonds. The highest BCUT2D eigenvalue weighted by Crippen LogP contribution is 2.20. The van der Waals surface area contributed by atoms with E-state index in [0.29, 0.717) is 18.9 Å². The zero-order valence-electron chi connectivity index (χ0n) is 12.4. The number of allylic oxidation sites excluding steroid dienone is 2. The summed E-state index contributed by atoms with van der Waals surface area (Å²) in [7, 11) is 0. The Labute approximate surface area is 126 Å². The van der Waals surface area contributed by atoms with Crippen molar-refractivity contribution in [1.82, 2.24) is 10.3 Å². The number of hydrogen-bond donors (Lipinski definition) is 1. The molecule has 2 aliphatic rings. The van der Waals surface area contributed by atoms with Crippen molar-refractivity contribution in [2.75, 3.05) is 18.0 Å². The van der Waals surface area contributed by atoms with Crippen LogP contribution in [-0.4, -0.2) is 24.0 Å². The number of carbonyl (C=O) groups is 1. The molecule has 0 saturated carbocycles. The van der Waals surface area contributed by atoms with Crippen LogP contribution in [0, 0.1) is 5.92 Å². The molecule has 4 nitrogen and oxygen atoms in total. The zero-order chi connectivity index (χ0) is 14.5. The topological polar surface area (TPSA) is 45.2 Å². The van der Waals surface area contributed by atoms with Crippen molar-refractivity contribution < 1.29 is 4.79 Å². The van der Waals surface area contributed by atoms with Gasteiger partial charge in [0.05, 0.1) is 0 Å². The first-order valence-electron chi connectivity index (χ1n) is 7.94. The molecule has 1 fully saturated rings. The smallest absolute Gasteiger partial charge is 0.220 e. The fourth-order valence-corrected chi connectivity index (χ4v) is 3.07. The molecule has 1 unspecified atom stereocenters. The van der Waals surface area contributed by atoms with Gasteiger partial charge in [-0.1, -0.05) is 12.2 Å². The molecule has 0 bridgehead atoms. The molecule has 1 N–H and O–H groups in total. The summed E-state index contributed by atoms with van der Waals surface area (Å²) in [4.78, 5) is 18.7. The average Bonchev–Trinajstić information content (AvgIpc) is 3.19. The second-order valence-corrected chi connectivity index (χ2v) is 5.96. The van der Waals surface area contributed by atoms with Crippen LogP contribution in [0.3, 0.4) is 0 Å². The number of aromatic nitrogens is 1. The second-order valence-electron chi connectivity index (χ2n) is 5.96. The van der Waals surface area contributed by atoms with Gasteiger partial charge in [-0.25, -0.2) is 4.98 Å². The highest BCUT2D eigenvalue weighted by molar-refractivity contribution is 5.76. The molecule has 21 heavy (non-hydrogen) atoms. The van der Waals surface area contributed by atoms with Gasteiger partial charge in [0.15, 0.2) is 0 Å². The van der Waals surface area contributed by atoms with Crippen LogP contribution in [0.2, 0.25) is 0 Å². The van der Waals surface area contributed by atoms with E-state index in [4.69, 9.17) is 0 Å². The summed E-state index contributed by atoms with van der Waals surface area (Å²) in [6, 6.07) is 4.08. The summed E-state index contributed by atoms with van der Waals surface area (Å²) in [6.07, 6.45) is 11.5. The molecule has 1 atom stereocenters. The number of rotatable bonds is 5. The predicted octanol–water partition coefficient (Wildman–Crippen LogP) is 2.65. The monoisotopic (exact) mass is 285 g/mol. The van der Waals surface area contributed by atoms with Crippen molar-refractivity contribution >= 4 is 11.7 Å². The van der Waals surface area contributed by atoms with Crippen LogP contribution in [0.4, 0.5) is 5.82 Å². The summed E-state index contributed by atoms with van der Waals surface area (Å²) < 4.78 is 0. The molecule has 3 rings (SSSR count). The van der Waals surface area contributed by atoms with E-state index >= 15 is 0 Å². The summed E-state index contributed by atoms with van der Waals surface area (Å²) >= 11 is 0. The predicted molar refractivity (Wildman–Crippen MR) is 84.0 cm³/mol. The van der Waals surface area contributed by atoms with Gasteiger partial charge in [0.1, 0.15) is 5.82 Å².